The van der Waals surface area contributed by atoms with E-state index in [0.29, 0.717) is 16.9 Å². The summed E-state index contributed by atoms with van der Waals surface area (Å²) in [6.45, 7) is 15.9. The van der Waals surface area contributed by atoms with Crippen LogP contribution in [-0.4, -0.2) is 15.8 Å². The molecule has 3 heteroatoms. The van der Waals surface area contributed by atoms with Gasteiger partial charge >= 0.3 is 0 Å². The number of nitrogens with zero attached hydrogens (tertiary/aromatic N) is 2. The molecule has 1 N–H and O–H groups in total. The molecule has 1 aliphatic rings. The molecule has 2 rings (SSSR count). The second kappa shape index (κ2) is 6.12. The van der Waals surface area contributed by atoms with Gasteiger partial charge in [-0.1, -0.05) is 34.6 Å². The summed E-state index contributed by atoms with van der Waals surface area (Å²) in [4.78, 5) is 0. The van der Waals surface area contributed by atoms with Gasteiger partial charge in [0.05, 0.1) is 11.4 Å². The lowest BCUT2D eigenvalue weighted by molar-refractivity contribution is 0.0842. The lowest BCUT2D eigenvalue weighted by Crippen LogP contribution is -2.43. The first kappa shape index (κ1) is 16.5. The fraction of sp³-hybridized carbons (Fsp3) is 0.833. The van der Waals surface area contributed by atoms with Crippen LogP contribution in [-0.2, 0) is 19.5 Å². The summed E-state index contributed by atoms with van der Waals surface area (Å²) < 4.78 is 2.14. The summed E-state index contributed by atoms with van der Waals surface area (Å²) in [6, 6.07) is 2.88. The van der Waals surface area contributed by atoms with Gasteiger partial charge in [0.1, 0.15) is 0 Å². The van der Waals surface area contributed by atoms with Crippen molar-refractivity contribution in [3.05, 3.63) is 17.5 Å². The second-order valence-electron chi connectivity index (χ2n) is 8.29. The van der Waals surface area contributed by atoms with E-state index in [1.165, 1.54) is 30.7 Å². The van der Waals surface area contributed by atoms with Gasteiger partial charge in [0.15, 0.2) is 0 Å². The lowest BCUT2D eigenvalue weighted by atomic mass is 9.63. The minimum atomic E-state index is 0.443. The molecular formula is C18H33N3. The van der Waals surface area contributed by atoms with E-state index in [1.54, 1.807) is 0 Å². The molecule has 0 saturated heterocycles. The van der Waals surface area contributed by atoms with Crippen LogP contribution >= 0.6 is 0 Å². The minimum Gasteiger partial charge on any atom is -0.308 e. The average molecular weight is 291 g/mol. The minimum absolute atomic E-state index is 0.443. The summed E-state index contributed by atoms with van der Waals surface area (Å²) in [5.41, 5.74) is 3.42. The normalized spacial score (nSPS) is 21.6. The van der Waals surface area contributed by atoms with Crippen molar-refractivity contribution < 1.29 is 0 Å². The molecule has 1 aromatic rings. The van der Waals surface area contributed by atoms with Crippen LogP contribution in [0.4, 0.5) is 0 Å². The molecule has 0 aliphatic heterocycles. The predicted molar refractivity (Wildman–Crippen MR) is 89.3 cm³/mol. The summed E-state index contributed by atoms with van der Waals surface area (Å²) in [7, 11) is 0. The smallest absolute Gasteiger partial charge is 0.0625 e. The van der Waals surface area contributed by atoms with E-state index in [-0.39, 0.29) is 0 Å². The maximum Gasteiger partial charge on any atom is 0.0625 e. The maximum atomic E-state index is 4.64. The molecule has 1 saturated carbocycles. The molecule has 3 nitrogen and oxygen atoms in total. The zero-order valence-corrected chi connectivity index (χ0v) is 14.8. The van der Waals surface area contributed by atoms with Crippen LogP contribution in [0.2, 0.25) is 0 Å². The fourth-order valence-electron chi connectivity index (χ4n) is 4.34. The summed E-state index contributed by atoms with van der Waals surface area (Å²) >= 11 is 0. The van der Waals surface area contributed by atoms with Crippen molar-refractivity contribution in [2.24, 2.45) is 10.8 Å². The molecule has 0 atom stereocenters. The molecule has 0 bridgehead atoms. The number of hydrogen-bond donors (Lipinski definition) is 1. The number of aromatic nitrogens is 2. The van der Waals surface area contributed by atoms with Gasteiger partial charge in [-0.15, -0.1) is 0 Å². The van der Waals surface area contributed by atoms with Crippen molar-refractivity contribution in [2.45, 2.75) is 86.4 Å². The Labute approximate surface area is 130 Å². The number of hydrogen-bond acceptors (Lipinski definition) is 2. The molecular weight excluding hydrogens is 258 g/mol. The third-order valence-corrected chi connectivity index (χ3v) is 4.70. The molecule has 0 unspecified atom stereocenters. The van der Waals surface area contributed by atoms with Crippen LogP contribution in [0, 0.1) is 10.8 Å². The molecule has 1 aliphatic carbocycles. The SMILES string of the molecule is CCc1cc(CNC2CC(C)(C)CC(C)(C)C2)n(CC)n1. The number of aryl methyl sites for hydroxylation is 2. The van der Waals surface area contributed by atoms with Crippen LogP contribution in [0.1, 0.15) is 72.2 Å². The molecule has 1 heterocycles. The quantitative estimate of drug-likeness (QED) is 0.883. The van der Waals surface area contributed by atoms with Crippen LogP contribution < -0.4 is 5.32 Å². The molecule has 0 amide bonds. The van der Waals surface area contributed by atoms with Gasteiger partial charge in [0, 0.05) is 19.1 Å². The van der Waals surface area contributed by atoms with Crippen molar-refractivity contribution in [1.82, 2.24) is 15.1 Å². The van der Waals surface area contributed by atoms with Crippen LogP contribution in [0.25, 0.3) is 0 Å². The van der Waals surface area contributed by atoms with Gasteiger partial charge in [-0.05, 0) is 49.5 Å². The predicted octanol–water partition coefficient (Wildman–Crippen LogP) is 4.16. The molecule has 0 aromatic carbocycles. The van der Waals surface area contributed by atoms with Crippen LogP contribution in [0.5, 0.6) is 0 Å². The van der Waals surface area contributed by atoms with Gasteiger partial charge in [-0.25, -0.2) is 0 Å². The molecule has 120 valence electrons. The Kier molecular flexibility index (Phi) is 4.82. The largest absolute Gasteiger partial charge is 0.308 e. The summed E-state index contributed by atoms with van der Waals surface area (Å²) in [6.07, 6.45) is 4.89. The molecule has 21 heavy (non-hydrogen) atoms. The first-order chi connectivity index (χ1) is 9.74. The van der Waals surface area contributed by atoms with Gasteiger partial charge < -0.3 is 5.32 Å². The Hall–Kier alpha value is -0.830. The fourth-order valence-corrected chi connectivity index (χ4v) is 4.34. The topological polar surface area (TPSA) is 29.9 Å². The van der Waals surface area contributed by atoms with E-state index in [9.17, 15) is 0 Å². The van der Waals surface area contributed by atoms with E-state index in [1.807, 2.05) is 0 Å². The summed E-state index contributed by atoms with van der Waals surface area (Å²) in [5, 5.41) is 8.45. The van der Waals surface area contributed by atoms with E-state index in [2.05, 4.69) is 62.7 Å². The zero-order chi connectivity index (χ0) is 15.7. The van der Waals surface area contributed by atoms with Crippen molar-refractivity contribution in [3.63, 3.8) is 0 Å². The Bertz CT molecular complexity index is 455. The Morgan fingerprint density at radius 1 is 1.19 bits per heavy atom. The van der Waals surface area contributed by atoms with E-state index in [0.717, 1.165) is 19.5 Å². The van der Waals surface area contributed by atoms with Crippen molar-refractivity contribution in [3.8, 4) is 0 Å². The Morgan fingerprint density at radius 3 is 2.33 bits per heavy atom. The van der Waals surface area contributed by atoms with E-state index >= 15 is 0 Å². The van der Waals surface area contributed by atoms with Gasteiger partial charge in [-0.2, -0.15) is 5.10 Å². The molecule has 1 aromatic heterocycles. The highest BCUT2D eigenvalue weighted by Crippen LogP contribution is 2.45. The van der Waals surface area contributed by atoms with Gasteiger partial charge in [0.2, 0.25) is 0 Å². The average Bonchev–Trinajstić information content (AvgIpc) is 2.75. The maximum absolute atomic E-state index is 4.64. The molecule has 0 radical (unpaired) electrons. The van der Waals surface area contributed by atoms with Crippen molar-refractivity contribution >= 4 is 0 Å². The number of nitrogens with one attached hydrogen (secondary N) is 1. The van der Waals surface area contributed by atoms with Crippen molar-refractivity contribution in [1.29, 1.82) is 0 Å². The van der Waals surface area contributed by atoms with Crippen LogP contribution in [0.15, 0.2) is 6.07 Å². The standard InChI is InChI=1S/C18H33N3/c1-7-14-9-16(21(8-2)20-14)12-19-15-10-17(3,4)13-18(5,6)11-15/h9,15,19H,7-8,10-13H2,1-6H3. The zero-order valence-electron chi connectivity index (χ0n) is 14.8. The Balaban J connectivity index is 2.01. The summed E-state index contributed by atoms with van der Waals surface area (Å²) in [5.74, 6) is 0. The van der Waals surface area contributed by atoms with E-state index in [4.69, 9.17) is 0 Å². The second-order valence-corrected chi connectivity index (χ2v) is 8.29. The molecule has 1 fully saturated rings. The van der Waals surface area contributed by atoms with E-state index < -0.39 is 0 Å². The highest BCUT2D eigenvalue weighted by atomic mass is 15.3. The highest BCUT2D eigenvalue weighted by molar-refractivity contribution is 5.10. The number of rotatable bonds is 5. The first-order valence-corrected chi connectivity index (χ1v) is 8.54. The highest BCUT2D eigenvalue weighted by Gasteiger charge is 2.38. The van der Waals surface area contributed by atoms with Gasteiger partial charge in [-0.3, -0.25) is 4.68 Å². The third-order valence-electron chi connectivity index (χ3n) is 4.70. The lowest BCUT2D eigenvalue weighted by Gasteiger charge is -2.45. The monoisotopic (exact) mass is 291 g/mol. The molecule has 0 spiro atoms. The van der Waals surface area contributed by atoms with Crippen LogP contribution in [0.3, 0.4) is 0 Å². The third kappa shape index (κ3) is 4.32. The van der Waals surface area contributed by atoms with Gasteiger partial charge in [0.25, 0.3) is 0 Å². The first-order valence-electron chi connectivity index (χ1n) is 8.54. The Morgan fingerprint density at radius 2 is 1.81 bits per heavy atom. The van der Waals surface area contributed by atoms with Crippen molar-refractivity contribution in [2.75, 3.05) is 0 Å².